The summed E-state index contributed by atoms with van der Waals surface area (Å²) < 4.78 is 29.8. The summed E-state index contributed by atoms with van der Waals surface area (Å²) in [4.78, 5) is 41.0. The summed E-state index contributed by atoms with van der Waals surface area (Å²) in [5.41, 5.74) is -0.609. The number of carbonyl (C=O) groups excluding carboxylic acids is 2. The molecule has 3 heterocycles. The lowest BCUT2D eigenvalue weighted by atomic mass is 10.1. The quantitative estimate of drug-likeness (QED) is 0.553. The molecule has 5 rings (SSSR count). The summed E-state index contributed by atoms with van der Waals surface area (Å²) in [6.07, 6.45) is 2.85. The standard InChI is InChI=1S/C27H26F2N4O4/c1-16-11-20(28)18(21(29)12-16)14-30-26(36)19-15-33-23(25(35)24(19)34)27(37)31-9-5-6-10-32(33)22(31)13-17-7-3-2-4-8-17/h2-4,7-8,11-12,15,22,35H,5-6,9-10,13-14H2,1H3,(H,30,36). The van der Waals surface area contributed by atoms with Crippen LogP contribution in [-0.2, 0) is 13.0 Å². The first-order valence-corrected chi connectivity index (χ1v) is 12.1. The number of pyridine rings is 1. The van der Waals surface area contributed by atoms with E-state index < -0.39 is 52.9 Å². The van der Waals surface area contributed by atoms with Crippen molar-refractivity contribution in [3.8, 4) is 5.75 Å². The molecule has 2 amide bonds. The van der Waals surface area contributed by atoms with Crippen molar-refractivity contribution in [3.63, 3.8) is 0 Å². The van der Waals surface area contributed by atoms with Gasteiger partial charge in [0.05, 0.1) is 0 Å². The van der Waals surface area contributed by atoms with Gasteiger partial charge in [0.25, 0.3) is 11.8 Å². The molecule has 1 atom stereocenters. The fourth-order valence-electron chi connectivity index (χ4n) is 4.99. The summed E-state index contributed by atoms with van der Waals surface area (Å²) in [7, 11) is 0. The summed E-state index contributed by atoms with van der Waals surface area (Å²) in [5, 5.41) is 15.0. The molecule has 0 radical (unpaired) electrons. The molecule has 2 aromatic carbocycles. The van der Waals surface area contributed by atoms with Crippen molar-refractivity contribution in [2.75, 3.05) is 18.1 Å². The lowest BCUT2D eigenvalue weighted by molar-refractivity contribution is 0.0590. The van der Waals surface area contributed by atoms with Crippen LogP contribution in [0.2, 0.25) is 0 Å². The molecule has 1 aromatic heterocycles. The van der Waals surface area contributed by atoms with Crippen LogP contribution in [0.5, 0.6) is 5.75 Å². The fourth-order valence-corrected chi connectivity index (χ4v) is 4.99. The number of nitrogens with one attached hydrogen (secondary N) is 1. The monoisotopic (exact) mass is 508 g/mol. The molecule has 1 saturated heterocycles. The van der Waals surface area contributed by atoms with Gasteiger partial charge < -0.3 is 15.3 Å². The SMILES string of the molecule is Cc1cc(F)c(CNC(=O)c2cn3c(c(O)c2=O)C(=O)N2CCCCN3C2Cc2ccccc2)c(F)c1. The molecule has 2 aliphatic heterocycles. The molecular formula is C27H26F2N4O4. The van der Waals surface area contributed by atoms with Crippen LogP contribution in [0.1, 0.15) is 50.4 Å². The van der Waals surface area contributed by atoms with Crippen LogP contribution in [0.4, 0.5) is 8.78 Å². The Hall–Kier alpha value is -4.21. The van der Waals surface area contributed by atoms with E-state index in [1.54, 1.807) is 11.8 Å². The maximum atomic E-state index is 14.2. The number of aromatic nitrogens is 1. The highest BCUT2D eigenvalue weighted by molar-refractivity contribution is 5.99. The second-order valence-corrected chi connectivity index (χ2v) is 9.34. The molecular weight excluding hydrogens is 482 g/mol. The first-order chi connectivity index (χ1) is 17.8. The number of amides is 2. The van der Waals surface area contributed by atoms with Crippen LogP contribution in [0.25, 0.3) is 0 Å². The van der Waals surface area contributed by atoms with E-state index in [-0.39, 0.29) is 11.3 Å². The lowest BCUT2D eigenvalue weighted by Gasteiger charge is -2.45. The molecule has 2 bridgehead atoms. The fraction of sp³-hybridized carbons (Fsp3) is 0.296. The van der Waals surface area contributed by atoms with Gasteiger partial charge in [-0.05, 0) is 43.0 Å². The van der Waals surface area contributed by atoms with Crippen molar-refractivity contribution in [3.05, 3.63) is 98.5 Å². The van der Waals surface area contributed by atoms with E-state index in [0.717, 1.165) is 30.5 Å². The molecule has 0 aliphatic carbocycles. The van der Waals surface area contributed by atoms with E-state index >= 15 is 0 Å². The molecule has 0 spiro atoms. The van der Waals surface area contributed by atoms with Gasteiger partial charge >= 0.3 is 0 Å². The van der Waals surface area contributed by atoms with Crippen LogP contribution in [0.15, 0.2) is 53.5 Å². The minimum atomic E-state index is -1.03. The van der Waals surface area contributed by atoms with Crippen LogP contribution in [0, 0.1) is 18.6 Å². The van der Waals surface area contributed by atoms with Crippen LogP contribution >= 0.6 is 0 Å². The Morgan fingerprint density at radius 3 is 2.46 bits per heavy atom. The van der Waals surface area contributed by atoms with Gasteiger partial charge in [-0.1, -0.05) is 30.3 Å². The highest BCUT2D eigenvalue weighted by Crippen LogP contribution is 2.29. The lowest BCUT2D eigenvalue weighted by Crippen LogP contribution is -2.61. The van der Waals surface area contributed by atoms with Gasteiger partial charge in [0.1, 0.15) is 23.4 Å². The Balaban J connectivity index is 1.51. The van der Waals surface area contributed by atoms with E-state index in [1.807, 2.05) is 35.3 Å². The Bertz CT molecular complexity index is 1420. The van der Waals surface area contributed by atoms with Crippen molar-refractivity contribution in [2.45, 2.75) is 38.9 Å². The summed E-state index contributed by atoms with van der Waals surface area (Å²) >= 11 is 0. The second-order valence-electron chi connectivity index (χ2n) is 9.34. The maximum absolute atomic E-state index is 14.2. The van der Waals surface area contributed by atoms with Crippen LogP contribution in [0.3, 0.4) is 0 Å². The normalized spacial score (nSPS) is 16.8. The minimum absolute atomic E-state index is 0.205. The second kappa shape index (κ2) is 9.68. The zero-order valence-electron chi connectivity index (χ0n) is 20.2. The number of fused-ring (bicyclic) bond motifs is 4. The third-order valence-corrected chi connectivity index (χ3v) is 6.86. The number of halogens is 2. The van der Waals surface area contributed by atoms with E-state index in [0.29, 0.717) is 25.1 Å². The Kier molecular flexibility index (Phi) is 6.41. The topological polar surface area (TPSA) is 94.9 Å². The number of aromatic hydroxyl groups is 1. The van der Waals surface area contributed by atoms with E-state index in [9.17, 15) is 28.3 Å². The largest absolute Gasteiger partial charge is 0.502 e. The van der Waals surface area contributed by atoms with Crippen molar-refractivity contribution in [1.29, 1.82) is 0 Å². The number of hydrogen-bond acceptors (Lipinski definition) is 5. The molecule has 0 saturated carbocycles. The number of rotatable bonds is 5. The van der Waals surface area contributed by atoms with Crippen molar-refractivity contribution >= 4 is 11.8 Å². The predicted octanol–water partition coefficient (Wildman–Crippen LogP) is 2.83. The number of benzene rings is 2. The van der Waals surface area contributed by atoms with Gasteiger partial charge in [-0.15, -0.1) is 0 Å². The Morgan fingerprint density at radius 1 is 1.08 bits per heavy atom. The predicted molar refractivity (Wildman–Crippen MR) is 132 cm³/mol. The molecule has 8 nitrogen and oxygen atoms in total. The Labute approximate surface area is 211 Å². The molecule has 10 heteroatoms. The van der Waals surface area contributed by atoms with Gasteiger partial charge in [-0.2, -0.15) is 0 Å². The van der Waals surface area contributed by atoms with E-state index in [4.69, 9.17) is 0 Å². The average molecular weight is 509 g/mol. The molecule has 2 aliphatic rings. The van der Waals surface area contributed by atoms with Gasteiger partial charge in [-0.3, -0.25) is 24.1 Å². The van der Waals surface area contributed by atoms with E-state index in [1.165, 1.54) is 10.9 Å². The first-order valence-electron chi connectivity index (χ1n) is 12.1. The van der Waals surface area contributed by atoms with Crippen molar-refractivity contribution in [1.82, 2.24) is 14.9 Å². The van der Waals surface area contributed by atoms with Crippen LogP contribution in [-0.4, -0.2) is 45.8 Å². The first kappa shape index (κ1) is 24.5. The molecule has 37 heavy (non-hydrogen) atoms. The molecule has 2 N–H and O–H groups in total. The zero-order chi connectivity index (χ0) is 26.3. The van der Waals surface area contributed by atoms with E-state index in [2.05, 4.69) is 5.32 Å². The summed E-state index contributed by atoms with van der Waals surface area (Å²) in [5.74, 6) is -3.88. The number of hydrogen-bond donors (Lipinski definition) is 2. The maximum Gasteiger partial charge on any atom is 0.278 e. The minimum Gasteiger partial charge on any atom is -0.502 e. The number of aryl methyl sites for hydroxylation is 1. The molecule has 1 unspecified atom stereocenters. The number of carbonyl (C=O) groups is 2. The highest BCUT2D eigenvalue weighted by atomic mass is 19.1. The smallest absolute Gasteiger partial charge is 0.278 e. The Morgan fingerprint density at radius 2 is 1.76 bits per heavy atom. The van der Waals surface area contributed by atoms with Gasteiger partial charge in [-0.25, -0.2) is 8.78 Å². The highest BCUT2D eigenvalue weighted by Gasteiger charge is 2.41. The van der Waals surface area contributed by atoms with Crippen molar-refractivity contribution in [2.24, 2.45) is 0 Å². The third-order valence-electron chi connectivity index (χ3n) is 6.86. The number of nitrogens with zero attached hydrogens (tertiary/aromatic N) is 3. The van der Waals surface area contributed by atoms with Crippen LogP contribution < -0.4 is 15.8 Å². The summed E-state index contributed by atoms with van der Waals surface area (Å²) in [6.45, 7) is 2.04. The van der Waals surface area contributed by atoms with Gasteiger partial charge in [0.15, 0.2) is 11.4 Å². The zero-order valence-corrected chi connectivity index (χ0v) is 20.2. The average Bonchev–Trinajstić information content (AvgIpc) is 3.03. The summed E-state index contributed by atoms with van der Waals surface area (Å²) in [6, 6.07) is 11.9. The van der Waals surface area contributed by atoms with Gasteiger partial charge in [0.2, 0.25) is 5.43 Å². The van der Waals surface area contributed by atoms with Crippen molar-refractivity contribution < 1.29 is 23.5 Å². The van der Waals surface area contributed by atoms with Gasteiger partial charge in [0, 0.05) is 37.8 Å². The molecule has 1 fully saturated rings. The third kappa shape index (κ3) is 4.43. The molecule has 3 aromatic rings. The molecule has 192 valence electrons.